The molecule has 0 atom stereocenters. The lowest BCUT2D eigenvalue weighted by Gasteiger charge is -2.32. The van der Waals surface area contributed by atoms with E-state index in [1.807, 2.05) is 6.92 Å². The zero-order valence-corrected chi connectivity index (χ0v) is 17.5. The van der Waals surface area contributed by atoms with Gasteiger partial charge in [0.2, 0.25) is 0 Å². The topological polar surface area (TPSA) is 69.5 Å². The summed E-state index contributed by atoms with van der Waals surface area (Å²) in [7, 11) is 1.76. The summed E-state index contributed by atoms with van der Waals surface area (Å²) in [6.45, 7) is 5.52. The van der Waals surface area contributed by atoms with Crippen LogP contribution in [-0.4, -0.2) is 41.8 Å². The Kier molecular flexibility index (Phi) is 8.78. The van der Waals surface area contributed by atoms with Gasteiger partial charge in [-0.3, -0.25) is 4.99 Å². The molecule has 1 aromatic heterocycles. The molecule has 7 heteroatoms. The monoisotopic (exact) mass is 452 g/mol. The van der Waals surface area contributed by atoms with Gasteiger partial charge in [-0.15, -0.1) is 35.3 Å². The molecule has 5 nitrogen and oxygen atoms in total. The number of hydrogen-bond acceptors (Lipinski definition) is 4. The zero-order valence-electron chi connectivity index (χ0n) is 14.3. The van der Waals surface area contributed by atoms with Crippen LogP contribution in [0, 0.1) is 13.8 Å². The smallest absolute Gasteiger partial charge is 0.191 e. The van der Waals surface area contributed by atoms with E-state index >= 15 is 0 Å². The summed E-state index contributed by atoms with van der Waals surface area (Å²) in [6.07, 6.45) is 6.13. The highest BCUT2D eigenvalue weighted by Crippen LogP contribution is 2.27. The van der Waals surface area contributed by atoms with Gasteiger partial charge in [-0.25, -0.2) is 4.98 Å². The summed E-state index contributed by atoms with van der Waals surface area (Å²) in [5.74, 6) is 0.754. The summed E-state index contributed by atoms with van der Waals surface area (Å²) < 4.78 is 0. The summed E-state index contributed by atoms with van der Waals surface area (Å²) in [6, 6.07) is 0. The first-order valence-corrected chi connectivity index (χ1v) is 8.94. The van der Waals surface area contributed by atoms with Crippen molar-refractivity contribution >= 4 is 41.3 Å². The van der Waals surface area contributed by atoms with Gasteiger partial charge in [0.25, 0.3) is 0 Å². The number of halogens is 1. The van der Waals surface area contributed by atoms with E-state index in [0.29, 0.717) is 6.54 Å². The average molecular weight is 452 g/mol. The van der Waals surface area contributed by atoms with Crippen molar-refractivity contribution in [2.24, 2.45) is 4.99 Å². The molecular weight excluding hydrogens is 423 g/mol. The SMILES string of the molecule is CN=C(NCCc1nc(C)c(C)s1)NCC1(O)CCCCC1.I. The lowest BCUT2D eigenvalue weighted by atomic mass is 9.85. The van der Waals surface area contributed by atoms with Crippen molar-refractivity contribution in [2.75, 3.05) is 20.1 Å². The van der Waals surface area contributed by atoms with Crippen molar-refractivity contribution in [1.29, 1.82) is 0 Å². The van der Waals surface area contributed by atoms with Crippen LogP contribution in [0.2, 0.25) is 0 Å². The van der Waals surface area contributed by atoms with Crippen LogP contribution < -0.4 is 10.6 Å². The molecule has 0 saturated heterocycles. The van der Waals surface area contributed by atoms with E-state index in [2.05, 4.69) is 27.5 Å². The van der Waals surface area contributed by atoms with Gasteiger partial charge in [-0.1, -0.05) is 19.3 Å². The van der Waals surface area contributed by atoms with Gasteiger partial charge >= 0.3 is 0 Å². The van der Waals surface area contributed by atoms with Crippen LogP contribution in [-0.2, 0) is 6.42 Å². The summed E-state index contributed by atoms with van der Waals surface area (Å²) in [4.78, 5) is 10.1. The van der Waals surface area contributed by atoms with E-state index in [4.69, 9.17) is 0 Å². The minimum atomic E-state index is -0.570. The number of thiazole rings is 1. The highest BCUT2D eigenvalue weighted by molar-refractivity contribution is 14.0. The minimum Gasteiger partial charge on any atom is -0.388 e. The predicted octanol–water partition coefficient (Wildman–Crippen LogP) is 2.78. The molecule has 0 bridgehead atoms. The maximum Gasteiger partial charge on any atom is 0.191 e. The Morgan fingerprint density at radius 2 is 1.96 bits per heavy atom. The predicted molar refractivity (Wildman–Crippen MR) is 108 cm³/mol. The van der Waals surface area contributed by atoms with Crippen molar-refractivity contribution in [3.8, 4) is 0 Å². The van der Waals surface area contributed by atoms with Gasteiger partial charge in [0.15, 0.2) is 5.96 Å². The number of nitrogens with one attached hydrogen (secondary N) is 2. The molecule has 1 aromatic rings. The average Bonchev–Trinajstić information content (AvgIpc) is 2.82. The van der Waals surface area contributed by atoms with Crippen molar-refractivity contribution in [1.82, 2.24) is 15.6 Å². The molecule has 1 saturated carbocycles. The van der Waals surface area contributed by atoms with Crippen LogP contribution in [0.25, 0.3) is 0 Å². The number of aromatic nitrogens is 1. The van der Waals surface area contributed by atoms with E-state index in [1.165, 1.54) is 11.3 Å². The molecule has 2 rings (SSSR count). The molecule has 0 radical (unpaired) electrons. The molecule has 23 heavy (non-hydrogen) atoms. The summed E-state index contributed by atoms with van der Waals surface area (Å²) in [5, 5.41) is 18.2. The van der Waals surface area contributed by atoms with E-state index in [1.54, 1.807) is 18.4 Å². The molecule has 0 aliphatic heterocycles. The third-order valence-corrected chi connectivity index (χ3v) is 5.43. The minimum absolute atomic E-state index is 0. The second kappa shape index (κ2) is 9.78. The normalized spacial score (nSPS) is 17.5. The maximum absolute atomic E-state index is 10.5. The Balaban J connectivity index is 0.00000264. The summed E-state index contributed by atoms with van der Waals surface area (Å²) >= 11 is 1.76. The molecule has 0 spiro atoms. The largest absolute Gasteiger partial charge is 0.388 e. The quantitative estimate of drug-likeness (QED) is 0.365. The fourth-order valence-electron chi connectivity index (χ4n) is 2.79. The van der Waals surface area contributed by atoms with E-state index in [-0.39, 0.29) is 24.0 Å². The molecule has 1 heterocycles. The Hall–Kier alpha value is -0.410. The Morgan fingerprint density at radius 1 is 1.26 bits per heavy atom. The van der Waals surface area contributed by atoms with Crippen LogP contribution in [0.4, 0.5) is 0 Å². The van der Waals surface area contributed by atoms with Crippen LogP contribution in [0.3, 0.4) is 0 Å². The van der Waals surface area contributed by atoms with Gasteiger partial charge in [0.1, 0.15) is 0 Å². The van der Waals surface area contributed by atoms with Gasteiger partial charge in [-0.2, -0.15) is 0 Å². The standard InChI is InChI=1S/C16H28N4OS.HI/c1-12-13(2)22-14(20-12)7-10-18-15(17-3)19-11-16(21)8-5-4-6-9-16;/h21H,4-11H2,1-3H3,(H2,17,18,19);1H. The number of rotatable bonds is 5. The van der Waals surface area contributed by atoms with Crippen molar-refractivity contribution in [3.63, 3.8) is 0 Å². The molecule has 1 fully saturated rings. The molecule has 3 N–H and O–H groups in total. The Labute approximate surface area is 160 Å². The van der Waals surface area contributed by atoms with Gasteiger partial charge in [0, 0.05) is 31.4 Å². The molecule has 1 aliphatic carbocycles. The Bertz CT molecular complexity index is 493. The molecule has 0 unspecified atom stereocenters. The maximum atomic E-state index is 10.5. The first-order chi connectivity index (χ1) is 10.5. The summed E-state index contributed by atoms with van der Waals surface area (Å²) in [5.41, 5.74) is 0.557. The van der Waals surface area contributed by atoms with E-state index in [9.17, 15) is 5.11 Å². The second-order valence-electron chi connectivity index (χ2n) is 6.14. The van der Waals surface area contributed by atoms with Crippen LogP contribution in [0.15, 0.2) is 4.99 Å². The second-order valence-corrected chi connectivity index (χ2v) is 7.42. The molecule has 0 aromatic carbocycles. The van der Waals surface area contributed by atoms with E-state index in [0.717, 1.165) is 55.3 Å². The number of aliphatic imine (C=N–C) groups is 1. The first-order valence-electron chi connectivity index (χ1n) is 8.12. The lowest BCUT2D eigenvalue weighted by molar-refractivity contribution is 0.00859. The van der Waals surface area contributed by atoms with Crippen LogP contribution >= 0.6 is 35.3 Å². The van der Waals surface area contributed by atoms with Crippen molar-refractivity contribution in [3.05, 3.63) is 15.6 Å². The van der Waals surface area contributed by atoms with Crippen molar-refractivity contribution in [2.45, 2.75) is 58.0 Å². The number of guanidine groups is 1. The van der Waals surface area contributed by atoms with Crippen LogP contribution in [0.5, 0.6) is 0 Å². The lowest BCUT2D eigenvalue weighted by Crippen LogP contribution is -2.48. The molecular formula is C16H29IN4OS. The number of nitrogens with zero attached hydrogens (tertiary/aromatic N) is 2. The number of aliphatic hydroxyl groups is 1. The van der Waals surface area contributed by atoms with Crippen LogP contribution in [0.1, 0.15) is 47.7 Å². The fourth-order valence-corrected chi connectivity index (χ4v) is 3.72. The highest BCUT2D eigenvalue weighted by Gasteiger charge is 2.29. The Morgan fingerprint density at radius 3 is 2.52 bits per heavy atom. The number of aryl methyl sites for hydroxylation is 2. The highest BCUT2D eigenvalue weighted by atomic mass is 127. The first kappa shape index (κ1) is 20.6. The van der Waals surface area contributed by atoms with Gasteiger partial charge in [-0.05, 0) is 26.7 Å². The zero-order chi connectivity index (χ0) is 16.0. The van der Waals surface area contributed by atoms with E-state index < -0.39 is 5.60 Å². The molecule has 1 aliphatic rings. The molecule has 0 amide bonds. The van der Waals surface area contributed by atoms with Gasteiger partial charge in [0.05, 0.1) is 16.3 Å². The third kappa shape index (κ3) is 6.54. The number of hydrogen-bond donors (Lipinski definition) is 3. The fraction of sp³-hybridized carbons (Fsp3) is 0.750. The molecule has 132 valence electrons. The van der Waals surface area contributed by atoms with Gasteiger partial charge < -0.3 is 15.7 Å². The third-order valence-electron chi connectivity index (χ3n) is 4.30. The van der Waals surface area contributed by atoms with Crippen molar-refractivity contribution < 1.29 is 5.11 Å².